The zero-order chi connectivity index (χ0) is 14.3. The van der Waals surface area contributed by atoms with Gasteiger partial charge in [0.1, 0.15) is 0 Å². The number of hydrogen-bond acceptors (Lipinski definition) is 4. The molecule has 108 valence electrons. The monoisotopic (exact) mass is 274 g/mol. The molecular formula is C15H22N4O. The van der Waals surface area contributed by atoms with Gasteiger partial charge in [-0.15, -0.1) is 0 Å². The summed E-state index contributed by atoms with van der Waals surface area (Å²) in [5.41, 5.74) is 10.1. The van der Waals surface area contributed by atoms with Crippen LogP contribution in [0.2, 0.25) is 0 Å². The Kier molecular flexibility index (Phi) is 3.40. The van der Waals surface area contributed by atoms with Gasteiger partial charge in [-0.05, 0) is 31.9 Å². The van der Waals surface area contributed by atoms with Crippen molar-refractivity contribution in [3.8, 4) is 0 Å². The Morgan fingerprint density at radius 3 is 3.00 bits per heavy atom. The third kappa shape index (κ3) is 2.27. The number of pyridine rings is 1. The zero-order valence-electron chi connectivity index (χ0n) is 12.1. The smallest absolute Gasteiger partial charge is 0.0886 e. The van der Waals surface area contributed by atoms with E-state index in [1.54, 1.807) is 0 Å². The molecule has 3 heterocycles. The van der Waals surface area contributed by atoms with Crippen molar-refractivity contribution >= 4 is 16.7 Å². The van der Waals surface area contributed by atoms with Crippen molar-refractivity contribution in [1.29, 1.82) is 0 Å². The lowest BCUT2D eigenvalue weighted by atomic mass is 10.1. The molecule has 3 rings (SSSR count). The molecule has 1 aliphatic rings. The molecule has 20 heavy (non-hydrogen) atoms. The Hall–Kier alpha value is -1.59. The number of rotatable bonds is 2. The maximum atomic E-state index is 9.90. The molecule has 0 unspecified atom stereocenters. The first-order valence-corrected chi connectivity index (χ1v) is 7.21. The van der Waals surface area contributed by atoms with Crippen LogP contribution in [0.25, 0.3) is 11.0 Å². The van der Waals surface area contributed by atoms with Crippen LogP contribution in [0.3, 0.4) is 0 Å². The third-order valence-electron chi connectivity index (χ3n) is 4.04. The van der Waals surface area contributed by atoms with E-state index in [1.165, 1.54) is 0 Å². The molecule has 2 aromatic heterocycles. The van der Waals surface area contributed by atoms with Crippen molar-refractivity contribution < 1.29 is 5.11 Å². The lowest BCUT2D eigenvalue weighted by Gasteiger charge is -2.33. The average Bonchev–Trinajstić information content (AvgIpc) is 2.78. The minimum absolute atomic E-state index is 0.117. The van der Waals surface area contributed by atoms with E-state index in [1.807, 2.05) is 26.2 Å². The van der Waals surface area contributed by atoms with Gasteiger partial charge in [0.15, 0.2) is 0 Å². The third-order valence-corrected chi connectivity index (χ3v) is 4.04. The van der Waals surface area contributed by atoms with E-state index >= 15 is 0 Å². The standard InChI is InChI=1S/C15H22N4O/c1-10(16)15-14(19-6-3-4-11(20)9-19)8-13-12(17-15)5-7-18(13)2/h5,7-8,10-11,20H,3-4,6,9,16H2,1-2H3/t10-,11+/m0/s1. The van der Waals surface area contributed by atoms with E-state index in [9.17, 15) is 5.11 Å². The second kappa shape index (κ2) is 5.07. The summed E-state index contributed by atoms with van der Waals surface area (Å²) >= 11 is 0. The van der Waals surface area contributed by atoms with Crippen molar-refractivity contribution in [3.63, 3.8) is 0 Å². The number of hydrogen-bond donors (Lipinski definition) is 2. The number of aromatic nitrogens is 2. The number of fused-ring (bicyclic) bond motifs is 1. The molecule has 0 aromatic carbocycles. The number of aliphatic hydroxyl groups is 1. The highest BCUT2D eigenvalue weighted by Crippen LogP contribution is 2.30. The summed E-state index contributed by atoms with van der Waals surface area (Å²) in [7, 11) is 2.02. The molecule has 5 heteroatoms. The fourth-order valence-corrected chi connectivity index (χ4v) is 2.95. The Bertz CT molecular complexity index is 620. The SMILES string of the molecule is C[C@H](N)c1nc2ccn(C)c2cc1N1CCC[C@@H](O)C1. The highest BCUT2D eigenvalue weighted by molar-refractivity contribution is 5.81. The van der Waals surface area contributed by atoms with Gasteiger partial charge in [-0.3, -0.25) is 0 Å². The van der Waals surface area contributed by atoms with Crippen LogP contribution in [-0.4, -0.2) is 33.9 Å². The predicted octanol–water partition coefficient (Wildman–Crippen LogP) is 1.55. The molecule has 5 nitrogen and oxygen atoms in total. The van der Waals surface area contributed by atoms with E-state index in [0.29, 0.717) is 6.54 Å². The summed E-state index contributed by atoms with van der Waals surface area (Å²) in [6.07, 6.45) is 3.64. The molecule has 1 aliphatic heterocycles. The Morgan fingerprint density at radius 2 is 2.30 bits per heavy atom. The fourth-order valence-electron chi connectivity index (χ4n) is 2.95. The van der Waals surface area contributed by atoms with Gasteiger partial charge in [0.2, 0.25) is 0 Å². The molecule has 0 aliphatic carbocycles. The topological polar surface area (TPSA) is 67.3 Å². The van der Waals surface area contributed by atoms with E-state index in [2.05, 4.69) is 15.5 Å². The summed E-state index contributed by atoms with van der Waals surface area (Å²) in [5.74, 6) is 0. The number of anilines is 1. The minimum Gasteiger partial charge on any atom is -0.391 e. The molecule has 2 aromatic rings. The molecule has 0 spiro atoms. The second-order valence-electron chi connectivity index (χ2n) is 5.75. The number of nitrogens with two attached hydrogens (primary N) is 1. The van der Waals surface area contributed by atoms with Crippen LogP contribution in [-0.2, 0) is 7.05 Å². The van der Waals surface area contributed by atoms with Crippen LogP contribution in [0.15, 0.2) is 18.3 Å². The van der Waals surface area contributed by atoms with Crippen molar-refractivity contribution in [3.05, 3.63) is 24.0 Å². The lowest BCUT2D eigenvalue weighted by Crippen LogP contribution is -2.39. The second-order valence-corrected chi connectivity index (χ2v) is 5.75. The van der Waals surface area contributed by atoms with Crippen LogP contribution >= 0.6 is 0 Å². The lowest BCUT2D eigenvalue weighted by molar-refractivity contribution is 0.154. The van der Waals surface area contributed by atoms with Gasteiger partial charge in [-0.1, -0.05) is 0 Å². The average molecular weight is 274 g/mol. The Balaban J connectivity index is 2.10. The first kappa shape index (κ1) is 13.4. The number of nitrogens with zero attached hydrogens (tertiary/aromatic N) is 3. The van der Waals surface area contributed by atoms with Gasteiger partial charge in [0, 0.05) is 32.4 Å². The molecule has 1 fully saturated rings. The summed E-state index contributed by atoms with van der Waals surface area (Å²) in [4.78, 5) is 6.94. The van der Waals surface area contributed by atoms with Crippen LogP contribution in [0, 0.1) is 0 Å². The number of aryl methyl sites for hydroxylation is 1. The maximum Gasteiger partial charge on any atom is 0.0886 e. The maximum absolute atomic E-state index is 9.90. The fraction of sp³-hybridized carbons (Fsp3) is 0.533. The molecule has 0 bridgehead atoms. The molecule has 0 amide bonds. The van der Waals surface area contributed by atoms with Crippen LogP contribution in [0.1, 0.15) is 31.5 Å². The van der Waals surface area contributed by atoms with E-state index in [-0.39, 0.29) is 12.1 Å². The molecule has 0 radical (unpaired) electrons. The van der Waals surface area contributed by atoms with Crippen molar-refractivity contribution in [1.82, 2.24) is 9.55 Å². The van der Waals surface area contributed by atoms with E-state index in [4.69, 9.17) is 10.7 Å². The van der Waals surface area contributed by atoms with Gasteiger partial charge >= 0.3 is 0 Å². The van der Waals surface area contributed by atoms with Gasteiger partial charge < -0.3 is 20.3 Å². The molecule has 3 N–H and O–H groups in total. The highest BCUT2D eigenvalue weighted by atomic mass is 16.3. The minimum atomic E-state index is -0.256. The van der Waals surface area contributed by atoms with Gasteiger partial charge in [0.25, 0.3) is 0 Å². The summed E-state index contributed by atoms with van der Waals surface area (Å²) in [5, 5.41) is 9.90. The van der Waals surface area contributed by atoms with Crippen molar-refractivity contribution in [2.75, 3.05) is 18.0 Å². The van der Waals surface area contributed by atoms with E-state index < -0.39 is 0 Å². The van der Waals surface area contributed by atoms with Gasteiger partial charge in [-0.2, -0.15) is 0 Å². The van der Waals surface area contributed by atoms with Gasteiger partial charge in [0.05, 0.1) is 28.5 Å². The summed E-state index contributed by atoms with van der Waals surface area (Å²) < 4.78 is 2.07. The number of β-amino-alcohol motifs (C(OH)–C–C–N with tert-alkyl or cyclic N) is 1. The van der Waals surface area contributed by atoms with Crippen LogP contribution < -0.4 is 10.6 Å². The molecule has 0 saturated carbocycles. The summed E-state index contributed by atoms with van der Waals surface area (Å²) in [6.45, 7) is 3.58. The Labute approximate surface area is 119 Å². The highest BCUT2D eigenvalue weighted by Gasteiger charge is 2.22. The van der Waals surface area contributed by atoms with Crippen LogP contribution in [0.4, 0.5) is 5.69 Å². The first-order chi connectivity index (χ1) is 9.56. The summed E-state index contributed by atoms with van der Waals surface area (Å²) in [6, 6.07) is 4.04. The largest absolute Gasteiger partial charge is 0.391 e. The molecule has 1 saturated heterocycles. The molecular weight excluding hydrogens is 252 g/mol. The van der Waals surface area contributed by atoms with Crippen molar-refractivity contribution in [2.24, 2.45) is 12.8 Å². The van der Waals surface area contributed by atoms with Crippen LogP contribution in [0.5, 0.6) is 0 Å². The zero-order valence-corrected chi connectivity index (χ0v) is 12.1. The quantitative estimate of drug-likeness (QED) is 0.872. The van der Waals surface area contributed by atoms with Gasteiger partial charge in [-0.25, -0.2) is 4.98 Å². The number of piperidine rings is 1. The number of aliphatic hydroxyl groups excluding tert-OH is 1. The Morgan fingerprint density at radius 1 is 1.50 bits per heavy atom. The first-order valence-electron chi connectivity index (χ1n) is 7.21. The predicted molar refractivity (Wildman–Crippen MR) is 80.8 cm³/mol. The van der Waals surface area contributed by atoms with Crippen molar-refractivity contribution in [2.45, 2.75) is 31.9 Å². The normalized spacial score (nSPS) is 21.4. The molecule has 2 atom stereocenters. The van der Waals surface area contributed by atoms with E-state index in [0.717, 1.165) is 41.8 Å².